The zero-order chi connectivity index (χ0) is 12.7. The van der Waals surface area contributed by atoms with Crippen LogP contribution in [0.1, 0.15) is 39.0 Å². The topological polar surface area (TPSA) is 75.6 Å². The zero-order valence-corrected chi connectivity index (χ0v) is 10.3. The number of carbonyl (C=O) groups excluding carboxylic acids is 1. The van der Waals surface area contributed by atoms with Crippen LogP contribution < -0.4 is 5.32 Å². The fourth-order valence-electron chi connectivity index (χ4n) is 2.06. The van der Waals surface area contributed by atoms with Gasteiger partial charge in [0.25, 0.3) is 0 Å². The van der Waals surface area contributed by atoms with Crippen LogP contribution in [0.2, 0.25) is 0 Å². The Kier molecular flexibility index (Phi) is 5.97. The van der Waals surface area contributed by atoms with Crippen molar-refractivity contribution in [2.45, 2.75) is 45.1 Å². The van der Waals surface area contributed by atoms with Gasteiger partial charge in [-0.25, -0.2) is 0 Å². The van der Waals surface area contributed by atoms with Crippen LogP contribution in [-0.2, 0) is 14.3 Å². The third kappa shape index (κ3) is 5.17. The van der Waals surface area contributed by atoms with Crippen molar-refractivity contribution in [2.24, 2.45) is 5.92 Å². The van der Waals surface area contributed by atoms with Crippen LogP contribution in [0.3, 0.4) is 0 Å². The highest BCUT2D eigenvalue weighted by atomic mass is 16.5. The SMILES string of the molecule is CCCOCC(=O)NC1CCC(C(=O)O)CC1. The molecular weight excluding hydrogens is 222 g/mol. The predicted octanol–water partition coefficient (Wildman–Crippen LogP) is 1.17. The summed E-state index contributed by atoms with van der Waals surface area (Å²) in [7, 11) is 0. The Labute approximate surface area is 102 Å². The molecule has 5 heteroatoms. The van der Waals surface area contributed by atoms with Gasteiger partial charge >= 0.3 is 5.97 Å². The van der Waals surface area contributed by atoms with Crippen LogP contribution in [0, 0.1) is 5.92 Å². The highest BCUT2D eigenvalue weighted by molar-refractivity contribution is 5.77. The van der Waals surface area contributed by atoms with E-state index in [0.29, 0.717) is 19.4 Å². The summed E-state index contributed by atoms with van der Waals surface area (Å²) in [6.07, 6.45) is 3.69. The number of nitrogens with one attached hydrogen (secondary N) is 1. The van der Waals surface area contributed by atoms with Gasteiger partial charge in [-0.3, -0.25) is 9.59 Å². The fourth-order valence-corrected chi connectivity index (χ4v) is 2.06. The van der Waals surface area contributed by atoms with E-state index in [-0.39, 0.29) is 24.5 Å². The molecule has 0 heterocycles. The van der Waals surface area contributed by atoms with E-state index in [0.717, 1.165) is 19.3 Å². The van der Waals surface area contributed by atoms with Gasteiger partial charge in [0.2, 0.25) is 5.91 Å². The van der Waals surface area contributed by atoms with Gasteiger partial charge in [-0.15, -0.1) is 0 Å². The van der Waals surface area contributed by atoms with Crippen LogP contribution in [0.15, 0.2) is 0 Å². The molecule has 0 aromatic carbocycles. The van der Waals surface area contributed by atoms with E-state index >= 15 is 0 Å². The normalized spacial score (nSPS) is 24.3. The lowest BCUT2D eigenvalue weighted by Gasteiger charge is -2.26. The van der Waals surface area contributed by atoms with Gasteiger partial charge in [0.15, 0.2) is 0 Å². The van der Waals surface area contributed by atoms with E-state index in [1.165, 1.54) is 0 Å². The average Bonchev–Trinajstić information content (AvgIpc) is 2.30. The Morgan fingerprint density at radius 1 is 1.29 bits per heavy atom. The van der Waals surface area contributed by atoms with Crippen molar-refractivity contribution in [3.8, 4) is 0 Å². The van der Waals surface area contributed by atoms with E-state index in [2.05, 4.69) is 5.32 Å². The van der Waals surface area contributed by atoms with Crippen molar-refractivity contribution in [3.05, 3.63) is 0 Å². The standard InChI is InChI=1S/C12H21NO4/c1-2-7-17-8-11(14)13-10-5-3-9(4-6-10)12(15)16/h9-10H,2-8H2,1H3,(H,13,14)(H,15,16). The highest BCUT2D eigenvalue weighted by Gasteiger charge is 2.26. The number of ether oxygens (including phenoxy) is 1. The second kappa shape index (κ2) is 7.27. The quantitative estimate of drug-likeness (QED) is 0.687. The van der Waals surface area contributed by atoms with E-state index in [4.69, 9.17) is 9.84 Å². The lowest BCUT2D eigenvalue weighted by molar-refractivity contribution is -0.142. The minimum Gasteiger partial charge on any atom is -0.481 e. The number of aliphatic carboxylic acids is 1. The molecule has 0 radical (unpaired) electrons. The van der Waals surface area contributed by atoms with E-state index < -0.39 is 5.97 Å². The molecule has 0 aliphatic heterocycles. The van der Waals surface area contributed by atoms with Crippen molar-refractivity contribution in [2.75, 3.05) is 13.2 Å². The minimum atomic E-state index is -0.721. The van der Waals surface area contributed by atoms with Gasteiger partial charge in [-0.1, -0.05) is 6.92 Å². The molecule has 0 saturated heterocycles. The molecule has 1 amide bonds. The molecule has 17 heavy (non-hydrogen) atoms. The zero-order valence-electron chi connectivity index (χ0n) is 10.3. The average molecular weight is 243 g/mol. The maximum absolute atomic E-state index is 11.4. The molecule has 1 aliphatic carbocycles. The van der Waals surface area contributed by atoms with Gasteiger partial charge in [-0.2, -0.15) is 0 Å². The van der Waals surface area contributed by atoms with Gasteiger partial charge in [0.1, 0.15) is 6.61 Å². The predicted molar refractivity (Wildman–Crippen MR) is 62.6 cm³/mol. The molecule has 0 bridgehead atoms. The summed E-state index contributed by atoms with van der Waals surface area (Å²) in [5.74, 6) is -1.06. The van der Waals surface area contributed by atoms with Crippen LogP contribution in [0.5, 0.6) is 0 Å². The molecule has 98 valence electrons. The summed E-state index contributed by atoms with van der Waals surface area (Å²) in [5, 5.41) is 11.7. The van der Waals surface area contributed by atoms with E-state index in [9.17, 15) is 9.59 Å². The van der Waals surface area contributed by atoms with Gasteiger partial charge in [0, 0.05) is 12.6 Å². The molecule has 1 aliphatic rings. The molecule has 2 N–H and O–H groups in total. The molecule has 0 aromatic heterocycles. The Bertz CT molecular complexity index is 259. The number of carbonyl (C=O) groups is 2. The lowest BCUT2D eigenvalue weighted by atomic mass is 9.86. The van der Waals surface area contributed by atoms with E-state index in [1.54, 1.807) is 0 Å². The third-order valence-electron chi connectivity index (χ3n) is 3.02. The van der Waals surface area contributed by atoms with Gasteiger partial charge in [0.05, 0.1) is 5.92 Å². The Morgan fingerprint density at radius 3 is 2.47 bits per heavy atom. The maximum Gasteiger partial charge on any atom is 0.306 e. The largest absolute Gasteiger partial charge is 0.481 e. The molecule has 1 saturated carbocycles. The highest BCUT2D eigenvalue weighted by Crippen LogP contribution is 2.24. The smallest absolute Gasteiger partial charge is 0.306 e. The maximum atomic E-state index is 11.4. The number of carboxylic acid groups (broad SMARTS) is 1. The van der Waals surface area contributed by atoms with Crippen molar-refractivity contribution >= 4 is 11.9 Å². The van der Waals surface area contributed by atoms with Gasteiger partial charge in [-0.05, 0) is 32.1 Å². The van der Waals surface area contributed by atoms with Gasteiger partial charge < -0.3 is 15.2 Å². The summed E-state index contributed by atoms with van der Waals surface area (Å²) < 4.78 is 5.14. The lowest BCUT2D eigenvalue weighted by Crippen LogP contribution is -2.40. The van der Waals surface area contributed by atoms with Crippen molar-refractivity contribution in [1.29, 1.82) is 0 Å². The van der Waals surface area contributed by atoms with Crippen molar-refractivity contribution in [3.63, 3.8) is 0 Å². The van der Waals surface area contributed by atoms with Crippen molar-refractivity contribution < 1.29 is 19.4 Å². The fraction of sp³-hybridized carbons (Fsp3) is 0.833. The Morgan fingerprint density at radius 2 is 1.94 bits per heavy atom. The molecule has 0 unspecified atom stereocenters. The molecular formula is C12H21NO4. The first kappa shape index (κ1) is 14.0. The summed E-state index contributed by atoms with van der Waals surface area (Å²) in [4.78, 5) is 22.2. The first-order chi connectivity index (χ1) is 8.13. The second-order valence-electron chi connectivity index (χ2n) is 4.51. The molecule has 0 atom stereocenters. The number of hydrogen-bond acceptors (Lipinski definition) is 3. The number of rotatable bonds is 6. The number of amides is 1. The summed E-state index contributed by atoms with van der Waals surface area (Å²) in [6, 6.07) is 0.114. The molecule has 5 nitrogen and oxygen atoms in total. The monoisotopic (exact) mass is 243 g/mol. The van der Waals surface area contributed by atoms with Crippen LogP contribution in [0.25, 0.3) is 0 Å². The summed E-state index contributed by atoms with van der Waals surface area (Å²) >= 11 is 0. The Hall–Kier alpha value is -1.10. The third-order valence-corrected chi connectivity index (χ3v) is 3.02. The summed E-state index contributed by atoms with van der Waals surface area (Å²) in [5.41, 5.74) is 0. The first-order valence-corrected chi connectivity index (χ1v) is 6.23. The summed E-state index contributed by atoms with van der Waals surface area (Å²) in [6.45, 7) is 2.69. The van der Waals surface area contributed by atoms with Crippen LogP contribution >= 0.6 is 0 Å². The van der Waals surface area contributed by atoms with Crippen molar-refractivity contribution in [1.82, 2.24) is 5.32 Å². The van der Waals surface area contributed by atoms with Crippen LogP contribution in [0.4, 0.5) is 0 Å². The number of carboxylic acids is 1. The minimum absolute atomic E-state index is 0.0998. The number of hydrogen-bond donors (Lipinski definition) is 2. The molecule has 1 fully saturated rings. The first-order valence-electron chi connectivity index (χ1n) is 6.23. The molecule has 1 rings (SSSR count). The molecule has 0 spiro atoms. The second-order valence-corrected chi connectivity index (χ2v) is 4.51. The van der Waals surface area contributed by atoms with Crippen LogP contribution in [-0.4, -0.2) is 36.2 Å². The molecule has 0 aromatic rings. The van der Waals surface area contributed by atoms with E-state index in [1.807, 2.05) is 6.92 Å². The Balaban J connectivity index is 2.17.